The van der Waals surface area contributed by atoms with E-state index < -0.39 is 0 Å². The van der Waals surface area contributed by atoms with Crippen LogP contribution in [0.4, 0.5) is 0 Å². The lowest BCUT2D eigenvalue weighted by molar-refractivity contribution is -0.138. The van der Waals surface area contributed by atoms with Crippen LogP contribution in [-0.4, -0.2) is 18.4 Å². The Balaban J connectivity index is 1.87. The Bertz CT molecular complexity index is 991. The lowest BCUT2D eigenvalue weighted by atomic mass is 9.63. The zero-order valence-corrected chi connectivity index (χ0v) is 19.0. The first-order chi connectivity index (χ1) is 14.0. The fourth-order valence-electron chi connectivity index (χ4n) is 4.18. The van der Waals surface area contributed by atoms with E-state index in [0.29, 0.717) is 17.7 Å². The highest BCUT2D eigenvalue weighted by atomic mass is 16.5. The Labute approximate surface area is 180 Å². The molecule has 0 fully saturated rings. The van der Waals surface area contributed by atoms with Crippen molar-refractivity contribution in [2.75, 3.05) is 6.61 Å². The molecule has 0 radical (unpaired) electrons. The molecular formula is C27H32O3. The number of benzene rings is 2. The number of hydrogen-bond acceptors (Lipinski definition) is 3. The van der Waals surface area contributed by atoms with Gasteiger partial charge in [0.25, 0.3) is 0 Å². The Morgan fingerprint density at radius 2 is 1.47 bits per heavy atom. The van der Waals surface area contributed by atoms with Crippen LogP contribution in [0.25, 0.3) is 6.08 Å². The molecule has 158 valence electrons. The summed E-state index contributed by atoms with van der Waals surface area (Å²) >= 11 is 0. The van der Waals surface area contributed by atoms with E-state index in [1.165, 1.54) is 11.1 Å². The molecule has 3 heteroatoms. The molecule has 3 nitrogen and oxygen atoms in total. The number of carbonyl (C=O) groups excluding carboxylic acids is 2. The quantitative estimate of drug-likeness (QED) is 0.337. The molecule has 0 N–H and O–H groups in total. The average Bonchev–Trinajstić information content (AvgIpc) is 2.71. The maximum atomic E-state index is 13.1. The molecule has 0 heterocycles. The van der Waals surface area contributed by atoms with Crippen LogP contribution in [0.3, 0.4) is 0 Å². The van der Waals surface area contributed by atoms with Crippen molar-refractivity contribution in [2.45, 2.75) is 65.2 Å². The summed E-state index contributed by atoms with van der Waals surface area (Å²) in [6.07, 6.45) is 4.04. The summed E-state index contributed by atoms with van der Waals surface area (Å²) in [5, 5.41) is 0. The normalized spacial score (nSPS) is 17.2. The zero-order valence-electron chi connectivity index (χ0n) is 19.0. The molecule has 30 heavy (non-hydrogen) atoms. The minimum atomic E-state index is -0.322. The summed E-state index contributed by atoms with van der Waals surface area (Å²) in [6, 6.07) is 13.6. The second-order valence-corrected chi connectivity index (χ2v) is 9.53. The van der Waals surface area contributed by atoms with Crippen molar-refractivity contribution in [3.05, 3.63) is 75.9 Å². The Hall–Kier alpha value is -2.68. The second-order valence-electron chi connectivity index (χ2n) is 9.53. The van der Waals surface area contributed by atoms with Crippen molar-refractivity contribution in [2.24, 2.45) is 0 Å². The lowest BCUT2D eigenvalue weighted by Crippen LogP contribution is -2.34. The number of rotatable bonds is 5. The van der Waals surface area contributed by atoms with Gasteiger partial charge in [-0.1, -0.05) is 64.1 Å². The molecule has 2 aromatic rings. The molecule has 1 aliphatic carbocycles. The predicted molar refractivity (Wildman–Crippen MR) is 122 cm³/mol. The number of ketones is 1. The molecule has 0 aliphatic heterocycles. The first kappa shape index (κ1) is 22.0. The van der Waals surface area contributed by atoms with E-state index >= 15 is 0 Å². The molecule has 3 rings (SSSR count). The van der Waals surface area contributed by atoms with Crippen LogP contribution in [0, 0.1) is 0 Å². The van der Waals surface area contributed by atoms with Crippen molar-refractivity contribution in [3.8, 4) is 0 Å². The van der Waals surface area contributed by atoms with Gasteiger partial charge in [0.1, 0.15) is 0 Å². The molecule has 0 bridgehead atoms. The van der Waals surface area contributed by atoms with E-state index in [0.717, 1.165) is 24.0 Å². The Morgan fingerprint density at radius 3 is 2.07 bits per heavy atom. The molecule has 0 saturated carbocycles. The molecule has 0 unspecified atom stereocenters. The van der Waals surface area contributed by atoms with Crippen LogP contribution in [0.15, 0.2) is 48.0 Å². The van der Waals surface area contributed by atoms with Gasteiger partial charge in [-0.3, -0.25) is 4.79 Å². The van der Waals surface area contributed by atoms with E-state index in [1.807, 2.05) is 30.3 Å². The third-order valence-corrected chi connectivity index (χ3v) is 6.27. The first-order valence-corrected chi connectivity index (χ1v) is 10.7. The number of ether oxygens (including phenoxy) is 1. The van der Waals surface area contributed by atoms with Gasteiger partial charge in [-0.05, 0) is 66.4 Å². The summed E-state index contributed by atoms with van der Waals surface area (Å²) in [5.41, 5.74) is 5.62. The average molecular weight is 405 g/mol. The SMILES string of the molecule is CCOC(=O)/C(C)=C/c1ccc(C(=O)c2ccc3c(c2)C(C)(C)CCC3(C)C)cc1. The number of carbonyl (C=O) groups is 2. The van der Waals surface area contributed by atoms with Gasteiger partial charge in [-0.25, -0.2) is 4.79 Å². The lowest BCUT2D eigenvalue weighted by Gasteiger charge is -2.42. The summed E-state index contributed by atoms with van der Waals surface area (Å²) < 4.78 is 5.01. The molecule has 0 saturated heterocycles. The highest BCUT2D eigenvalue weighted by molar-refractivity contribution is 6.09. The summed E-state index contributed by atoms with van der Waals surface area (Å²) in [7, 11) is 0. The Morgan fingerprint density at radius 1 is 0.900 bits per heavy atom. The van der Waals surface area contributed by atoms with E-state index in [-0.39, 0.29) is 22.6 Å². The maximum absolute atomic E-state index is 13.1. The van der Waals surface area contributed by atoms with Gasteiger partial charge in [0.05, 0.1) is 6.61 Å². The van der Waals surface area contributed by atoms with Gasteiger partial charge < -0.3 is 4.74 Å². The molecular weight excluding hydrogens is 372 g/mol. The van der Waals surface area contributed by atoms with Gasteiger partial charge in [0, 0.05) is 16.7 Å². The highest BCUT2D eigenvalue weighted by Crippen LogP contribution is 2.46. The van der Waals surface area contributed by atoms with Crippen molar-refractivity contribution >= 4 is 17.8 Å². The van der Waals surface area contributed by atoms with Crippen molar-refractivity contribution < 1.29 is 14.3 Å². The van der Waals surface area contributed by atoms with E-state index in [9.17, 15) is 9.59 Å². The van der Waals surface area contributed by atoms with Gasteiger partial charge in [-0.15, -0.1) is 0 Å². The number of fused-ring (bicyclic) bond motifs is 1. The van der Waals surface area contributed by atoms with Crippen LogP contribution in [0.5, 0.6) is 0 Å². The van der Waals surface area contributed by atoms with Gasteiger partial charge in [0.2, 0.25) is 0 Å². The molecule has 0 spiro atoms. The molecule has 1 aliphatic rings. The van der Waals surface area contributed by atoms with Crippen LogP contribution >= 0.6 is 0 Å². The van der Waals surface area contributed by atoms with Crippen molar-refractivity contribution in [1.82, 2.24) is 0 Å². The fourth-order valence-corrected chi connectivity index (χ4v) is 4.18. The number of esters is 1. The van der Waals surface area contributed by atoms with E-state index in [2.05, 4.69) is 39.8 Å². The summed E-state index contributed by atoms with van der Waals surface area (Å²) in [6.45, 7) is 13.0. The van der Waals surface area contributed by atoms with E-state index in [4.69, 9.17) is 4.74 Å². The van der Waals surface area contributed by atoms with E-state index in [1.54, 1.807) is 19.9 Å². The smallest absolute Gasteiger partial charge is 0.333 e. The summed E-state index contributed by atoms with van der Waals surface area (Å²) in [5.74, 6) is -0.299. The van der Waals surface area contributed by atoms with Crippen molar-refractivity contribution in [3.63, 3.8) is 0 Å². The first-order valence-electron chi connectivity index (χ1n) is 10.7. The minimum Gasteiger partial charge on any atom is -0.463 e. The zero-order chi connectivity index (χ0) is 22.1. The maximum Gasteiger partial charge on any atom is 0.333 e. The van der Waals surface area contributed by atoms with Crippen LogP contribution in [0.2, 0.25) is 0 Å². The van der Waals surface area contributed by atoms with Crippen LogP contribution in [-0.2, 0) is 20.4 Å². The standard InChI is InChI=1S/C27H32O3/c1-7-30-25(29)18(2)16-19-8-10-20(11-9-19)24(28)21-12-13-22-23(17-21)27(5,6)15-14-26(22,3)4/h8-13,16-17H,7,14-15H2,1-6H3/b18-16+. The third kappa shape index (κ3) is 4.40. The largest absolute Gasteiger partial charge is 0.463 e. The topological polar surface area (TPSA) is 43.4 Å². The predicted octanol–water partition coefficient (Wildman–Crippen LogP) is 6.23. The third-order valence-electron chi connectivity index (χ3n) is 6.27. The summed E-state index contributed by atoms with van der Waals surface area (Å²) in [4.78, 5) is 24.9. The van der Waals surface area contributed by atoms with Crippen LogP contribution < -0.4 is 0 Å². The fraction of sp³-hybridized carbons (Fsp3) is 0.407. The van der Waals surface area contributed by atoms with Gasteiger partial charge in [-0.2, -0.15) is 0 Å². The van der Waals surface area contributed by atoms with Crippen LogP contribution in [0.1, 0.15) is 87.0 Å². The van der Waals surface area contributed by atoms with Crippen molar-refractivity contribution in [1.29, 1.82) is 0 Å². The molecule has 0 amide bonds. The second kappa shape index (κ2) is 8.22. The Kier molecular flexibility index (Phi) is 6.03. The number of hydrogen-bond donors (Lipinski definition) is 0. The molecule has 0 aromatic heterocycles. The van der Waals surface area contributed by atoms with Gasteiger partial charge in [0.15, 0.2) is 5.78 Å². The highest BCUT2D eigenvalue weighted by Gasteiger charge is 2.37. The monoisotopic (exact) mass is 404 g/mol. The molecule has 2 aromatic carbocycles. The minimum absolute atomic E-state index is 0.0228. The molecule has 0 atom stereocenters. The van der Waals surface area contributed by atoms with Gasteiger partial charge >= 0.3 is 5.97 Å².